The second-order valence-corrected chi connectivity index (χ2v) is 6.64. The molecule has 1 amide bonds. The van der Waals surface area contributed by atoms with E-state index in [4.69, 9.17) is 4.74 Å². The molecule has 3 aromatic rings. The molecule has 0 spiro atoms. The van der Waals surface area contributed by atoms with Gasteiger partial charge in [-0.05, 0) is 35.4 Å². The minimum absolute atomic E-state index is 0.0158. The van der Waals surface area contributed by atoms with Crippen molar-refractivity contribution in [3.8, 4) is 5.75 Å². The molecule has 0 aliphatic rings. The van der Waals surface area contributed by atoms with Crippen LogP contribution in [0.15, 0.2) is 66.7 Å². The molecule has 0 aliphatic heterocycles. The molecule has 3 nitrogen and oxygen atoms in total. The number of anilines is 1. The van der Waals surface area contributed by atoms with Gasteiger partial charge in [-0.3, -0.25) is 4.79 Å². The van der Waals surface area contributed by atoms with Crippen molar-refractivity contribution in [1.29, 1.82) is 0 Å². The molecule has 0 saturated heterocycles. The Balaban J connectivity index is 1.53. The smallest absolute Gasteiger partial charge is 0.234 e. The summed E-state index contributed by atoms with van der Waals surface area (Å²) < 4.78 is 5.53. The van der Waals surface area contributed by atoms with Gasteiger partial charge in [0.05, 0.1) is 18.0 Å². The van der Waals surface area contributed by atoms with Crippen LogP contribution in [0.4, 0.5) is 5.69 Å². The van der Waals surface area contributed by atoms with Crippen molar-refractivity contribution in [3.63, 3.8) is 0 Å². The molecule has 3 rings (SSSR count). The third-order valence-electron chi connectivity index (χ3n) is 3.78. The molecule has 3 aromatic carbocycles. The summed E-state index contributed by atoms with van der Waals surface area (Å²) in [4.78, 5) is 12.2. The van der Waals surface area contributed by atoms with Crippen LogP contribution >= 0.6 is 11.8 Å². The van der Waals surface area contributed by atoms with Crippen LogP contribution in [0.3, 0.4) is 0 Å². The number of ether oxygens (including phenoxy) is 1. The highest BCUT2D eigenvalue weighted by Crippen LogP contribution is 2.24. The van der Waals surface area contributed by atoms with Gasteiger partial charge in [-0.2, -0.15) is 0 Å². The lowest BCUT2D eigenvalue weighted by atomic mass is 10.1. The van der Waals surface area contributed by atoms with E-state index < -0.39 is 0 Å². The summed E-state index contributed by atoms with van der Waals surface area (Å²) in [6.45, 7) is 2.50. The number of rotatable bonds is 7. The van der Waals surface area contributed by atoms with Gasteiger partial charge < -0.3 is 10.1 Å². The Morgan fingerprint density at radius 3 is 2.60 bits per heavy atom. The van der Waals surface area contributed by atoms with Crippen molar-refractivity contribution in [2.24, 2.45) is 0 Å². The first kappa shape index (κ1) is 17.4. The van der Waals surface area contributed by atoms with Crippen LogP contribution in [0.5, 0.6) is 5.75 Å². The summed E-state index contributed by atoms with van der Waals surface area (Å²) in [7, 11) is 0. The van der Waals surface area contributed by atoms with Crippen molar-refractivity contribution in [1.82, 2.24) is 0 Å². The molecular formula is C21H21NO2S. The molecule has 0 aromatic heterocycles. The van der Waals surface area contributed by atoms with Gasteiger partial charge in [0.2, 0.25) is 5.91 Å². The van der Waals surface area contributed by atoms with Gasteiger partial charge in [0.25, 0.3) is 0 Å². The predicted molar refractivity (Wildman–Crippen MR) is 106 cm³/mol. The van der Waals surface area contributed by atoms with Crippen LogP contribution in [-0.2, 0) is 10.5 Å². The normalized spacial score (nSPS) is 10.6. The second-order valence-electron chi connectivity index (χ2n) is 5.65. The molecule has 0 bridgehead atoms. The number of hydrogen-bond acceptors (Lipinski definition) is 3. The lowest BCUT2D eigenvalue weighted by molar-refractivity contribution is -0.113. The van der Waals surface area contributed by atoms with E-state index in [1.165, 1.54) is 16.3 Å². The van der Waals surface area contributed by atoms with Crippen LogP contribution < -0.4 is 10.1 Å². The van der Waals surface area contributed by atoms with E-state index in [9.17, 15) is 4.79 Å². The van der Waals surface area contributed by atoms with Crippen LogP contribution in [0.2, 0.25) is 0 Å². The van der Waals surface area contributed by atoms with E-state index in [2.05, 4.69) is 35.6 Å². The monoisotopic (exact) mass is 351 g/mol. The van der Waals surface area contributed by atoms with Crippen LogP contribution in [-0.4, -0.2) is 18.3 Å². The number of para-hydroxylation sites is 2. The third kappa shape index (κ3) is 4.77. The SMILES string of the molecule is CCOc1ccccc1NC(=O)CSCc1ccc2ccccc2c1. The summed E-state index contributed by atoms with van der Waals surface area (Å²) in [6.07, 6.45) is 0. The highest BCUT2D eigenvalue weighted by molar-refractivity contribution is 7.99. The molecule has 0 atom stereocenters. The molecule has 0 radical (unpaired) electrons. The fourth-order valence-electron chi connectivity index (χ4n) is 2.63. The molecule has 128 valence electrons. The summed E-state index contributed by atoms with van der Waals surface area (Å²) in [6, 6.07) is 22.2. The summed E-state index contributed by atoms with van der Waals surface area (Å²) in [5.74, 6) is 1.91. The summed E-state index contributed by atoms with van der Waals surface area (Å²) >= 11 is 1.61. The Hall–Kier alpha value is -2.46. The highest BCUT2D eigenvalue weighted by Gasteiger charge is 2.07. The van der Waals surface area contributed by atoms with Crippen LogP contribution in [0.1, 0.15) is 12.5 Å². The first-order chi connectivity index (χ1) is 12.3. The fraction of sp³-hybridized carbons (Fsp3) is 0.190. The number of amides is 1. The minimum atomic E-state index is -0.0158. The molecular weight excluding hydrogens is 330 g/mol. The first-order valence-electron chi connectivity index (χ1n) is 8.33. The van der Waals surface area contributed by atoms with E-state index in [1.807, 2.05) is 43.3 Å². The second kappa shape index (κ2) is 8.58. The highest BCUT2D eigenvalue weighted by atomic mass is 32.2. The van der Waals surface area contributed by atoms with Crippen LogP contribution in [0, 0.1) is 0 Å². The Labute approximate surface area is 152 Å². The van der Waals surface area contributed by atoms with E-state index in [-0.39, 0.29) is 5.91 Å². The molecule has 25 heavy (non-hydrogen) atoms. The molecule has 0 saturated carbocycles. The van der Waals surface area contributed by atoms with Crippen molar-refractivity contribution in [3.05, 3.63) is 72.3 Å². The number of nitrogens with one attached hydrogen (secondary N) is 1. The quantitative estimate of drug-likeness (QED) is 0.643. The van der Waals surface area contributed by atoms with E-state index in [0.29, 0.717) is 18.1 Å². The average molecular weight is 351 g/mol. The van der Waals surface area contributed by atoms with Gasteiger partial charge >= 0.3 is 0 Å². The number of carbonyl (C=O) groups is 1. The van der Waals surface area contributed by atoms with Gasteiger partial charge in [0.15, 0.2) is 0 Å². The zero-order valence-electron chi connectivity index (χ0n) is 14.2. The Bertz CT molecular complexity index is 863. The number of benzene rings is 3. The molecule has 0 aliphatic carbocycles. The molecule has 4 heteroatoms. The lowest BCUT2D eigenvalue weighted by Crippen LogP contribution is -2.15. The van der Waals surface area contributed by atoms with Crippen molar-refractivity contribution < 1.29 is 9.53 Å². The maximum absolute atomic E-state index is 12.2. The van der Waals surface area contributed by atoms with Gasteiger partial charge in [-0.15, -0.1) is 11.8 Å². The summed E-state index contributed by atoms with van der Waals surface area (Å²) in [5, 5.41) is 5.40. The molecule has 0 unspecified atom stereocenters. The Kier molecular flexibility index (Phi) is 5.96. The van der Waals surface area contributed by atoms with Crippen LogP contribution in [0.25, 0.3) is 10.8 Å². The third-order valence-corrected chi connectivity index (χ3v) is 4.78. The topological polar surface area (TPSA) is 38.3 Å². The van der Waals surface area contributed by atoms with Gasteiger partial charge in [-0.25, -0.2) is 0 Å². The molecule has 0 heterocycles. The maximum atomic E-state index is 12.2. The van der Waals surface area contributed by atoms with E-state index in [0.717, 1.165) is 11.4 Å². The average Bonchev–Trinajstić information content (AvgIpc) is 2.63. The van der Waals surface area contributed by atoms with E-state index >= 15 is 0 Å². The number of hydrogen-bond donors (Lipinski definition) is 1. The van der Waals surface area contributed by atoms with Crippen molar-refractivity contribution >= 4 is 34.1 Å². The van der Waals surface area contributed by atoms with E-state index in [1.54, 1.807) is 11.8 Å². The largest absolute Gasteiger partial charge is 0.492 e. The maximum Gasteiger partial charge on any atom is 0.234 e. The summed E-state index contributed by atoms with van der Waals surface area (Å²) in [5.41, 5.74) is 1.95. The van der Waals surface area contributed by atoms with Crippen molar-refractivity contribution in [2.45, 2.75) is 12.7 Å². The standard InChI is InChI=1S/C21H21NO2S/c1-2-24-20-10-6-5-9-19(20)22-21(23)15-25-14-16-11-12-17-7-3-4-8-18(17)13-16/h3-13H,2,14-15H2,1H3,(H,22,23). The predicted octanol–water partition coefficient (Wildman–Crippen LogP) is 5.11. The zero-order chi connectivity index (χ0) is 17.5. The van der Waals surface area contributed by atoms with Gasteiger partial charge in [-0.1, -0.05) is 54.6 Å². The Morgan fingerprint density at radius 2 is 1.76 bits per heavy atom. The number of carbonyl (C=O) groups excluding carboxylic acids is 1. The number of thioether (sulfide) groups is 1. The first-order valence-corrected chi connectivity index (χ1v) is 9.49. The zero-order valence-corrected chi connectivity index (χ0v) is 15.0. The lowest BCUT2D eigenvalue weighted by Gasteiger charge is -2.11. The number of fused-ring (bicyclic) bond motifs is 1. The molecule has 0 fully saturated rings. The molecule has 1 N–H and O–H groups in total. The fourth-order valence-corrected chi connectivity index (χ4v) is 3.40. The van der Waals surface area contributed by atoms with Gasteiger partial charge in [0, 0.05) is 5.75 Å². The van der Waals surface area contributed by atoms with Gasteiger partial charge in [0.1, 0.15) is 5.75 Å². The Morgan fingerprint density at radius 1 is 1.00 bits per heavy atom. The minimum Gasteiger partial charge on any atom is -0.492 e. The van der Waals surface area contributed by atoms with Crippen molar-refractivity contribution in [2.75, 3.05) is 17.7 Å².